The monoisotopic (exact) mass is 323 g/mol. The second kappa shape index (κ2) is 8.60. The fourth-order valence-electron chi connectivity index (χ4n) is 3.09. The lowest BCUT2D eigenvalue weighted by Crippen LogP contribution is -2.24. The number of hydrogen-bond acceptors (Lipinski definition) is 3. The second-order valence-corrected chi connectivity index (χ2v) is 6.39. The summed E-state index contributed by atoms with van der Waals surface area (Å²) in [7, 11) is 0. The molecule has 1 saturated heterocycles. The van der Waals surface area contributed by atoms with Crippen LogP contribution in [0.5, 0.6) is 0 Å². The summed E-state index contributed by atoms with van der Waals surface area (Å²) in [6.07, 6.45) is 7.04. The van der Waals surface area contributed by atoms with Crippen molar-refractivity contribution < 1.29 is 4.79 Å². The zero-order valence-electron chi connectivity index (χ0n) is 14.1. The Kier molecular flexibility index (Phi) is 5.96. The van der Waals surface area contributed by atoms with Gasteiger partial charge in [0.1, 0.15) is 0 Å². The van der Waals surface area contributed by atoms with E-state index >= 15 is 0 Å². The Morgan fingerprint density at radius 1 is 1.00 bits per heavy atom. The molecule has 2 heterocycles. The van der Waals surface area contributed by atoms with E-state index in [-0.39, 0.29) is 5.91 Å². The standard InChI is InChI=1S/C20H25N3O/c24-20(22-15-19-7-3-4-12-21-19)18-10-8-17(9-11-18)16-23-13-5-1-2-6-14-23/h3-4,7-12H,1-2,5-6,13-16H2,(H,22,24). The molecule has 0 saturated carbocycles. The molecule has 0 aliphatic carbocycles. The maximum atomic E-state index is 12.2. The number of nitrogens with zero attached hydrogens (tertiary/aromatic N) is 2. The number of nitrogens with one attached hydrogen (secondary N) is 1. The van der Waals surface area contributed by atoms with Crippen molar-refractivity contribution in [1.82, 2.24) is 15.2 Å². The van der Waals surface area contributed by atoms with Gasteiger partial charge in [-0.15, -0.1) is 0 Å². The van der Waals surface area contributed by atoms with Crippen molar-refractivity contribution >= 4 is 5.91 Å². The molecule has 1 aromatic heterocycles. The molecule has 1 aromatic carbocycles. The SMILES string of the molecule is O=C(NCc1ccccn1)c1ccc(CN2CCCCCC2)cc1. The van der Waals surface area contributed by atoms with E-state index in [1.807, 2.05) is 30.3 Å². The van der Waals surface area contributed by atoms with Gasteiger partial charge in [-0.05, 0) is 55.8 Å². The molecule has 1 aliphatic rings. The van der Waals surface area contributed by atoms with Gasteiger partial charge in [0, 0.05) is 18.3 Å². The van der Waals surface area contributed by atoms with Crippen LogP contribution in [-0.4, -0.2) is 28.9 Å². The molecule has 24 heavy (non-hydrogen) atoms. The molecule has 0 spiro atoms. The number of rotatable bonds is 5. The van der Waals surface area contributed by atoms with Gasteiger partial charge < -0.3 is 5.32 Å². The van der Waals surface area contributed by atoms with Gasteiger partial charge in [0.15, 0.2) is 0 Å². The number of likely N-dealkylation sites (tertiary alicyclic amines) is 1. The first kappa shape index (κ1) is 16.7. The van der Waals surface area contributed by atoms with Gasteiger partial charge in [-0.2, -0.15) is 0 Å². The minimum absolute atomic E-state index is 0.0537. The van der Waals surface area contributed by atoms with E-state index < -0.39 is 0 Å². The van der Waals surface area contributed by atoms with Crippen LogP contribution in [0.3, 0.4) is 0 Å². The second-order valence-electron chi connectivity index (χ2n) is 6.39. The molecule has 0 bridgehead atoms. The molecule has 4 heteroatoms. The predicted octanol–water partition coefficient (Wildman–Crippen LogP) is 3.39. The van der Waals surface area contributed by atoms with Gasteiger partial charge in [-0.1, -0.05) is 31.0 Å². The number of hydrogen-bond donors (Lipinski definition) is 1. The van der Waals surface area contributed by atoms with Crippen molar-refractivity contribution in [2.45, 2.75) is 38.8 Å². The van der Waals surface area contributed by atoms with Crippen molar-refractivity contribution in [2.24, 2.45) is 0 Å². The largest absolute Gasteiger partial charge is 0.346 e. The molecule has 4 nitrogen and oxygen atoms in total. The van der Waals surface area contributed by atoms with Gasteiger partial charge in [0.25, 0.3) is 5.91 Å². The normalized spacial score (nSPS) is 15.7. The molecular weight excluding hydrogens is 298 g/mol. The van der Waals surface area contributed by atoms with E-state index in [1.54, 1.807) is 6.20 Å². The maximum Gasteiger partial charge on any atom is 0.251 e. The van der Waals surface area contributed by atoms with Crippen LogP contribution < -0.4 is 5.32 Å². The van der Waals surface area contributed by atoms with Gasteiger partial charge in [0.2, 0.25) is 0 Å². The average molecular weight is 323 g/mol. The van der Waals surface area contributed by atoms with Gasteiger partial charge in [-0.3, -0.25) is 14.7 Å². The van der Waals surface area contributed by atoms with Gasteiger partial charge >= 0.3 is 0 Å². The summed E-state index contributed by atoms with van der Waals surface area (Å²) in [5.74, 6) is -0.0537. The van der Waals surface area contributed by atoms with Crippen molar-refractivity contribution in [3.63, 3.8) is 0 Å². The lowest BCUT2D eigenvalue weighted by atomic mass is 10.1. The summed E-state index contributed by atoms with van der Waals surface area (Å²) in [5.41, 5.74) is 2.84. The number of carbonyl (C=O) groups is 1. The minimum atomic E-state index is -0.0537. The number of pyridine rings is 1. The van der Waals surface area contributed by atoms with Crippen LogP contribution in [-0.2, 0) is 13.1 Å². The maximum absolute atomic E-state index is 12.2. The molecule has 1 amide bonds. The molecule has 0 unspecified atom stereocenters. The molecule has 1 aliphatic heterocycles. The molecule has 3 rings (SSSR count). The smallest absolute Gasteiger partial charge is 0.251 e. The highest BCUT2D eigenvalue weighted by Gasteiger charge is 2.10. The van der Waals surface area contributed by atoms with Crippen LogP contribution in [0.15, 0.2) is 48.7 Å². The van der Waals surface area contributed by atoms with Crippen LogP contribution in [0.4, 0.5) is 0 Å². The third kappa shape index (κ3) is 4.90. The summed E-state index contributed by atoms with van der Waals surface area (Å²) in [5, 5.41) is 2.91. The third-order valence-electron chi connectivity index (χ3n) is 4.48. The molecule has 2 aromatic rings. The van der Waals surface area contributed by atoms with E-state index in [1.165, 1.54) is 44.3 Å². The van der Waals surface area contributed by atoms with Crippen molar-refractivity contribution in [1.29, 1.82) is 0 Å². The number of benzene rings is 1. The van der Waals surface area contributed by atoms with Crippen LogP contribution in [0.25, 0.3) is 0 Å². The van der Waals surface area contributed by atoms with Crippen molar-refractivity contribution in [3.8, 4) is 0 Å². The zero-order chi connectivity index (χ0) is 16.6. The van der Waals surface area contributed by atoms with E-state index in [2.05, 4.69) is 27.3 Å². The molecule has 126 valence electrons. The molecule has 1 N–H and O–H groups in total. The summed E-state index contributed by atoms with van der Waals surface area (Å²) < 4.78 is 0. The number of amides is 1. The first-order chi connectivity index (χ1) is 11.8. The third-order valence-corrected chi connectivity index (χ3v) is 4.48. The lowest BCUT2D eigenvalue weighted by Gasteiger charge is -2.19. The van der Waals surface area contributed by atoms with E-state index in [0.717, 1.165) is 12.2 Å². The van der Waals surface area contributed by atoms with Crippen LogP contribution in [0.2, 0.25) is 0 Å². The van der Waals surface area contributed by atoms with Gasteiger partial charge in [0.05, 0.1) is 12.2 Å². The van der Waals surface area contributed by atoms with E-state index in [4.69, 9.17) is 0 Å². The molecule has 0 atom stereocenters. The highest BCUT2D eigenvalue weighted by Crippen LogP contribution is 2.14. The Morgan fingerprint density at radius 3 is 2.42 bits per heavy atom. The minimum Gasteiger partial charge on any atom is -0.346 e. The summed E-state index contributed by atoms with van der Waals surface area (Å²) in [6.45, 7) is 3.81. The molecular formula is C20H25N3O. The van der Waals surface area contributed by atoms with E-state index in [9.17, 15) is 4.79 Å². The summed E-state index contributed by atoms with van der Waals surface area (Å²) >= 11 is 0. The van der Waals surface area contributed by atoms with Crippen molar-refractivity contribution in [3.05, 3.63) is 65.5 Å². The highest BCUT2D eigenvalue weighted by atomic mass is 16.1. The predicted molar refractivity (Wildman–Crippen MR) is 95.6 cm³/mol. The fraction of sp³-hybridized carbons (Fsp3) is 0.400. The van der Waals surface area contributed by atoms with Gasteiger partial charge in [-0.25, -0.2) is 0 Å². The first-order valence-electron chi connectivity index (χ1n) is 8.81. The average Bonchev–Trinajstić information content (AvgIpc) is 2.90. The Hall–Kier alpha value is -2.20. The quantitative estimate of drug-likeness (QED) is 0.917. The lowest BCUT2D eigenvalue weighted by molar-refractivity contribution is 0.0950. The Labute approximate surface area is 143 Å². The van der Waals surface area contributed by atoms with Crippen molar-refractivity contribution in [2.75, 3.05) is 13.1 Å². The zero-order valence-corrected chi connectivity index (χ0v) is 14.1. The Morgan fingerprint density at radius 2 is 1.75 bits per heavy atom. The van der Waals surface area contributed by atoms with E-state index in [0.29, 0.717) is 12.1 Å². The van der Waals surface area contributed by atoms with Crippen LogP contribution >= 0.6 is 0 Å². The number of carbonyl (C=O) groups excluding carboxylic acids is 1. The Balaban J connectivity index is 1.52. The Bertz CT molecular complexity index is 632. The molecule has 0 radical (unpaired) electrons. The van der Waals surface area contributed by atoms with Crippen LogP contribution in [0.1, 0.15) is 47.3 Å². The number of aromatic nitrogens is 1. The molecule has 1 fully saturated rings. The first-order valence-corrected chi connectivity index (χ1v) is 8.81. The fourth-order valence-corrected chi connectivity index (χ4v) is 3.09. The summed E-state index contributed by atoms with van der Waals surface area (Å²) in [4.78, 5) is 18.9. The van der Waals surface area contributed by atoms with Crippen LogP contribution in [0, 0.1) is 0 Å². The summed E-state index contributed by atoms with van der Waals surface area (Å²) in [6, 6.07) is 13.7. The topological polar surface area (TPSA) is 45.2 Å². The highest BCUT2D eigenvalue weighted by molar-refractivity contribution is 5.94.